The van der Waals surface area contributed by atoms with E-state index in [0.29, 0.717) is 31.2 Å². The van der Waals surface area contributed by atoms with E-state index in [1.54, 1.807) is 6.07 Å². The highest BCUT2D eigenvalue weighted by atomic mass is 16.6. The van der Waals surface area contributed by atoms with Crippen LogP contribution in [0.5, 0.6) is 0 Å². The summed E-state index contributed by atoms with van der Waals surface area (Å²) in [5, 5.41) is 21.4. The van der Waals surface area contributed by atoms with Gasteiger partial charge in [0, 0.05) is 25.0 Å². The Bertz CT molecular complexity index is 629. The molecule has 0 aromatic heterocycles. The number of aliphatic hydroxyl groups excluding tert-OH is 1. The molecule has 1 saturated heterocycles. The first-order chi connectivity index (χ1) is 11.4. The second-order valence-electron chi connectivity index (χ2n) is 6.21. The van der Waals surface area contributed by atoms with Crippen molar-refractivity contribution in [3.05, 3.63) is 39.9 Å². The van der Waals surface area contributed by atoms with Gasteiger partial charge in [-0.15, -0.1) is 0 Å². The number of aliphatic hydroxyl groups is 1. The van der Waals surface area contributed by atoms with Gasteiger partial charge in [0.2, 0.25) is 0 Å². The molecule has 1 heterocycles. The Hall–Kier alpha value is -2.28. The third-order valence-corrected chi connectivity index (χ3v) is 4.28. The molecule has 1 aliphatic rings. The number of rotatable bonds is 6. The summed E-state index contributed by atoms with van der Waals surface area (Å²) in [5.41, 5.74) is 0.217. The van der Waals surface area contributed by atoms with Gasteiger partial charge in [-0.3, -0.25) is 14.9 Å². The van der Waals surface area contributed by atoms with Gasteiger partial charge in [0.1, 0.15) is 18.0 Å². The van der Waals surface area contributed by atoms with Crippen LogP contribution in [-0.4, -0.2) is 27.9 Å². The molecule has 130 valence electrons. The van der Waals surface area contributed by atoms with E-state index in [0.717, 1.165) is 0 Å². The van der Waals surface area contributed by atoms with Gasteiger partial charge in [-0.25, -0.2) is 0 Å². The topological polar surface area (TPSA) is 107 Å². The zero-order chi connectivity index (χ0) is 17.7. The number of benzene rings is 1. The number of esters is 1. The third-order valence-electron chi connectivity index (χ3n) is 4.28. The minimum absolute atomic E-state index is 0.0854. The molecule has 1 N–H and O–H groups in total. The van der Waals surface area contributed by atoms with Crippen molar-refractivity contribution in [2.24, 2.45) is 5.92 Å². The number of ether oxygens (including phenoxy) is 1. The van der Waals surface area contributed by atoms with Gasteiger partial charge in [-0.1, -0.05) is 12.1 Å². The second-order valence-corrected chi connectivity index (χ2v) is 6.21. The Kier molecular flexibility index (Phi) is 6.03. The molecule has 0 aliphatic carbocycles. The van der Waals surface area contributed by atoms with E-state index in [2.05, 4.69) is 0 Å². The number of hydrogen-bond acceptors (Lipinski definition) is 6. The summed E-state index contributed by atoms with van der Waals surface area (Å²) >= 11 is 0. The van der Waals surface area contributed by atoms with Gasteiger partial charge in [-0.05, 0) is 37.7 Å². The minimum Gasteiger partial charge on any atom is -0.459 e. The van der Waals surface area contributed by atoms with E-state index in [9.17, 15) is 24.8 Å². The lowest BCUT2D eigenvalue weighted by Gasteiger charge is -2.24. The Labute approximate surface area is 139 Å². The number of non-ortho nitro benzene ring substituents is 1. The summed E-state index contributed by atoms with van der Waals surface area (Å²) in [6, 6.07) is 5.68. The van der Waals surface area contributed by atoms with Gasteiger partial charge >= 0.3 is 5.97 Å². The first-order valence-electron chi connectivity index (χ1n) is 7.98. The lowest BCUT2D eigenvalue weighted by Crippen LogP contribution is -2.25. The number of carbonyl (C=O) groups excluding carboxylic acids is 2. The predicted molar refractivity (Wildman–Crippen MR) is 85.2 cm³/mol. The first-order valence-corrected chi connectivity index (χ1v) is 7.98. The summed E-state index contributed by atoms with van der Waals surface area (Å²) in [4.78, 5) is 33.3. The summed E-state index contributed by atoms with van der Waals surface area (Å²) < 4.78 is 5.32. The lowest BCUT2D eigenvalue weighted by molar-refractivity contribution is -0.385. The van der Waals surface area contributed by atoms with Gasteiger partial charge < -0.3 is 14.6 Å². The number of Topliss-reactive ketones (excluding diaryl/α,β-unsaturated/α-hetero) is 1. The zero-order valence-electron chi connectivity index (χ0n) is 13.5. The average molecular weight is 335 g/mol. The number of hydrogen-bond donors (Lipinski definition) is 1. The molecule has 0 spiro atoms. The molecule has 24 heavy (non-hydrogen) atoms. The lowest BCUT2D eigenvalue weighted by atomic mass is 9.89. The molecule has 3 atom stereocenters. The fourth-order valence-corrected chi connectivity index (χ4v) is 2.94. The summed E-state index contributed by atoms with van der Waals surface area (Å²) in [7, 11) is 0. The van der Waals surface area contributed by atoms with E-state index >= 15 is 0 Å². The molecule has 1 fully saturated rings. The van der Waals surface area contributed by atoms with Gasteiger partial charge in [0.05, 0.1) is 4.92 Å². The van der Waals surface area contributed by atoms with Crippen molar-refractivity contribution < 1.29 is 24.4 Å². The molecule has 0 saturated carbocycles. The van der Waals surface area contributed by atoms with Crippen molar-refractivity contribution in [1.29, 1.82) is 0 Å². The summed E-state index contributed by atoms with van der Waals surface area (Å²) in [5.74, 6) is -0.212. The summed E-state index contributed by atoms with van der Waals surface area (Å²) in [6.07, 6.45) is 0.474. The van der Waals surface area contributed by atoms with Crippen LogP contribution in [0.1, 0.15) is 50.7 Å². The highest BCUT2D eigenvalue weighted by molar-refractivity contribution is 5.75. The number of cyclic esters (lactones) is 1. The normalized spacial score (nSPS) is 22.3. The van der Waals surface area contributed by atoms with Crippen molar-refractivity contribution in [2.45, 2.75) is 51.2 Å². The molecule has 0 radical (unpaired) electrons. The van der Waals surface area contributed by atoms with Gasteiger partial charge in [0.25, 0.3) is 5.69 Å². The maximum atomic E-state index is 11.8. The van der Waals surface area contributed by atoms with Crippen LogP contribution >= 0.6 is 0 Å². The maximum Gasteiger partial charge on any atom is 0.306 e. The number of nitrogens with zero attached hydrogens (tertiary/aromatic N) is 1. The van der Waals surface area contributed by atoms with Gasteiger partial charge in [0.15, 0.2) is 0 Å². The van der Waals surface area contributed by atoms with Crippen molar-refractivity contribution in [1.82, 2.24) is 0 Å². The van der Waals surface area contributed by atoms with Crippen LogP contribution in [0.25, 0.3) is 0 Å². The maximum absolute atomic E-state index is 11.8. The van der Waals surface area contributed by atoms with Crippen LogP contribution in [0.3, 0.4) is 0 Å². The Balaban J connectivity index is 2.14. The third kappa shape index (κ3) is 4.86. The highest BCUT2D eigenvalue weighted by Gasteiger charge is 2.31. The first kappa shape index (κ1) is 18.1. The summed E-state index contributed by atoms with van der Waals surface area (Å²) in [6.45, 7) is 1.52. The SMILES string of the molecule is CC(=O)CC[C@H]1CCC(=O)O[C@@H]([C@H](O)c2cccc([N+](=O)[O-])c2)C1. The Morgan fingerprint density at radius 1 is 1.50 bits per heavy atom. The van der Waals surface area contributed by atoms with Crippen LogP contribution in [0.2, 0.25) is 0 Å². The van der Waals surface area contributed by atoms with E-state index < -0.39 is 23.1 Å². The van der Waals surface area contributed by atoms with Crippen LogP contribution < -0.4 is 0 Å². The monoisotopic (exact) mass is 335 g/mol. The minimum atomic E-state index is -1.13. The highest BCUT2D eigenvalue weighted by Crippen LogP contribution is 2.32. The molecule has 1 aliphatic heterocycles. The molecule has 2 rings (SSSR count). The molecule has 0 unspecified atom stereocenters. The average Bonchev–Trinajstić information content (AvgIpc) is 2.74. The molecule has 0 amide bonds. The van der Waals surface area contributed by atoms with Crippen LogP contribution in [0, 0.1) is 16.0 Å². The molecular weight excluding hydrogens is 314 g/mol. The Morgan fingerprint density at radius 3 is 2.92 bits per heavy atom. The number of nitro benzene ring substituents is 1. The second kappa shape index (κ2) is 8.01. The predicted octanol–water partition coefficient (Wildman–Crippen LogP) is 2.71. The van der Waals surface area contributed by atoms with Crippen LogP contribution in [0.15, 0.2) is 24.3 Å². The molecule has 7 nitrogen and oxygen atoms in total. The number of ketones is 1. The van der Waals surface area contributed by atoms with E-state index in [1.165, 1.54) is 25.1 Å². The largest absolute Gasteiger partial charge is 0.459 e. The van der Waals surface area contributed by atoms with E-state index in [1.807, 2.05) is 0 Å². The molecule has 1 aromatic rings. The van der Waals surface area contributed by atoms with Crippen molar-refractivity contribution >= 4 is 17.4 Å². The Morgan fingerprint density at radius 2 is 2.25 bits per heavy atom. The fraction of sp³-hybridized carbons (Fsp3) is 0.529. The van der Waals surface area contributed by atoms with Crippen molar-refractivity contribution in [3.63, 3.8) is 0 Å². The molecule has 7 heteroatoms. The number of carbonyl (C=O) groups is 2. The molecule has 0 bridgehead atoms. The van der Waals surface area contributed by atoms with Crippen LogP contribution in [0.4, 0.5) is 5.69 Å². The smallest absolute Gasteiger partial charge is 0.306 e. The fourth-order valence-electron chi connectivity index (χ4n) is 2.94. The number of nitro groups is 1. The van der Waals surface area contributed by atoms with Crippen LogP contribution in [-0.2, 0) is 14.3 Å². The zero-order valence-corrected chi connectivity index (χ0v) is 13.5. The van der Waals surface area contributed by atoms with E-state index in [4.69, 9.17) is 4.74 Å². The van der Waals surface area contributed by atoms with Crippen molar-refractivity contribution in [3.8, 4) is 0 Å². The van der Waals surface area contributed by atoms with Gasteiger partial charge in [-0.2, -0.15) is 0 Å². The van der Waals surface area contributed by atoms with E-state index in [-0.39, 0.29) is 23.8 Å². The quantitative estimate of drug-likeness (QED) is 0.486. The molecular formula is C17H21NO6. The molecule has 1 aromatic carbocycles. The van der Waals surface area contributed by atoms with Crippen molar-refractivity contribution in [2.75, 3.05) is 0 Å². The standard InChI is InChI=1S/C17H21NO6/c1-11(19)5-6-12-7-8-16(20)24-15(9-12)17(21)13-3-2-4-14(10-13)18(22)23/h2-4,10,12,15,17,21H,5-9H2,1H3/t12-,15+,17+/m0/s1.